The first-order valence-corrected chi connectivity index (χ1v) is 9.37. The van der Waals surface area contributed by atoms with Crippen molar-refractivity contribution in [3.63, 3.8) is 0 Å². The van der Waals surface area contributed by atoms with Crippen LogP contribution in [0.1, 0.15) is 30.9 Å². The van der Waals surface area contributed by atoms with E-state index in [1.165, 1.54) is 11.1 Å². The van der Waals surface area contributed by atoms with Gasteiger partial charge in [0.2, 0.25) is 10.0 Å². The Kier molecular flexibility index (Phi) is 4.33. The molecule has 1 fully saturated rings. The van der Waals surface area contributed by atoms with Gasteiger partial charge < -0.3 is 5.32 Å². The minimum Gasteiger partial charge on any atom is -0.316 e. The van der Waals surface area contributed by atoms with Gasteiger partial charge in [-0.1, -0.05) is 13.0 Å². The molecule has 1 heterocycles. The molecule has 2 atom stereocenters. The fourth-order valence-corrected chi connectivity index (χ4v) is 4.53. The molecule has 0 aromatic heterocycles. The summed E-state index contributed by atoms with van der Waals surface area (Å²) in [5, 5.41) is 3.34. The summed E-state index contributed by atoms with van der Waals surface area (Å²) in [4.78, 5) is 0.421. The van der Waals surface area contributed by atoms with Gasteiger partial charge in [0, 0.05) is 6.54 Å². The summed E-state index contributed by atoms with van der Waals surface area (Å²) in [6.07, 6.45) is 4.26. The van der Waals surface area contributed by atoms with E-state index in [-0.39, 0.29) is 0 Å². The average Bonchev–Trinajstić information content (AvgIpc) is 2.94. The molecule has 0 amide bonds. The summed E-state index contributed by atoms with van der Waals surface area (Å²) < 4.78 is 27.7. The zero-order chi connectivity index (χ0) is 14.9. The van der Waals surface area contributed by atoms with Gasteiger partial charge in [0.15, 0.2) is 0 Å². The highest BCUT2D eigenvalue weighted by Crippen LogP contribution is 2.25. The fraction of sp³-hybridized carbons (Fsp3) is 0.625. The van der Waals surface area contributed by atoms with Crippen LogP contribution in [0.5, 0.6) is 0 Å². The van der Waals surface area contributed by atoms with Crippen molar-refractivity contribution in [3.05, 3.63) is 29.3 Å². The first-order valence-electron chi connectivity index (χ1n) is 7.88. The summed E-state index contributed by atoms with van der Waals surface area (Å²) in [5.41, 5.74) is 2.51. The second-order valence-electron chi connectivity index (χ2n) is 6.37. The van der Waals surface area contributed by atoms with Crippen LogP contribution in [0.2, 0.25) is 0 Å². The number of rotatable bonds is 4. The van der Waals surface area contributed by atoms with Crippen molar-refractivity contribution in [2.24, 2.45) is 11.8 Å². The number of benzene rings is 1. The Hall–Kier alpha value is -0.910. The standard InChI is InChI=1S/C16H24N2O2S/c1-12-10-17-8-7-15(12)11-18-21(19,20)16-6-5-13-3-2-4-14(13)9-16/h5-6,9,12,15,17-18H,2-4,7-8,10-11H2,1H3. The molecular formula is C16H24N2O2S. The molecule has 0 saturated carbocycles. The van der Waals surface area contributed by atoms with Gasteiger partial charge in [0.05, 0.1) is 4.90 Å². The van der Waals surface area contributed by atoms with Crippen LogP contribution in [0.15, 0.2) is 23.1 Å². The highest BCUT2D eigenvalue weighted by atomic mass is 32.2. The Balaban J connectivity index is 1.69. The predicted molar refractivity (Wildman–Crippen MR) is 83.8 cm³/mol. The Bertz CT molecular complexity index is 613. The van der Waals surface area contributed by atoms with E-state index in [1.807, 2.05) is 12.1 Å². The minimum absolute atomic E-state index is 0.421. The summed E-state index contributed by atoms with van der Waals surface area (Å²) in [6.45, 7) is 4.68. The van der Waals surface area contributed by atoms with Crippen molar-refractivity contribution in [1.82, 2.24) is 10.0 Å². The predicted octanol–water partition coefficient (Wildman–Crippen LogP) is 1.70. The maximum atomic E-state index is 12.5. The number of hydrogen-bond acceptors (Lipinski definition) is 3. The minimum atomic E-state index is -3.38. The zero-order valence-electron chi connectivity index (χ0n) is 12.6. The molecule has 1 aliphatic carbocycles. The van der Waals surface area contributed by atoms with Crippen molar-refractivity contribution in [2.75, 3.05) is 19.6 Å². The van der Waals surface area contributed by atoms with Crippen molar-refractivity contribution < 1.29 is 8.42 Å². The Morgan fingerprint density at radius 3 is 2.90 bits per heavy atom. The highest BCUT2D eigenvalue weighted by molar-refractivity contribution is 7.89. The largest absolute Gasteiger partial charge is 0.316 e. The van der Waals surface area contributed by atoms with Crippen LogP contribution in [0.3, 0.4) is 0 Å². The topological polar surface area (TPSA) is 58.2 Å². The Morgan fingerprint density at radius 2 is 2.10 bits per heavy atom. The number of hydrogen-bond donors (Lipinski definition) is 2. The third-order valence-electron chi connectivity index (χ3n) is 4.88. The molecule has 2 aliphatic rings. The van der Waals surface area contributed by atoms with E-state index in [0.717, 1.165) is 38.8 Å². The fourth-order valence-electron chi connectivity index (χ4n) is 3.39. The molecule has 0 spiro atoms. The molecule has 3 rings (SSSR count). The Labute approximate surface area is 127 Å². The zero-order valence-corrected chi connectivity index (χ0v) is 13.4. The maximum Gasteiger partial charge on any atom is 0.240 e. The third kappa shape index (κ3) is 3.30. The lowest BCUT2D eigenvalue weighted by Crippen LogP contribution is -2.41. The van der Waals surface area contributed by atoms with Crippen LogP contribution < -0.4 is 10.0 Å². The van der Waals surface area contributed by atoms with Gasteiger partial charge in [-0.15, -0.1) is 0 Å². The lowest BCUT2D eigenvalue weighted by molar-refractivity contribution is 0.274. The smallest absolute Gasteiger partial charge is 0.240 e. The van der Waals surface area contributed by atoms with Gasteiger partial charge >= 0.3 is 0 Å². The maximum absolute atomic E-state index is 12.5. The molecular weight excluding hydrogens is 284 g/mol. The highest BCUT2D eigenvalue weighted by Gasteiger charge is 2.24. The molecule has 1 saturated heterocycles. The van der Waals surface area contributed by atoms with Crippen LogP contribution in [-0.4, -0.2) is 28.1 Å². The number of nitrogens with one attached hydrogen (secondary N) is 2. The van der Waals surface area contributed by atoms with Gasteiger partial charge in [-0.25, -0.2) is 13.1 Å². The molecule has 2 unspecified atom stereocenters. The first-order chi connectivity index (χ1) is 10.1. The van der Waals surface area contributed by atoms with E-state index in [9.17, 15) is 8.42 Å². The van der Waals surface area contributed by atoms with Crippen LogP contribution in [0.25, 0.3) is 0 Å². The molecule has 0 radical (unpaired) electrons. The summed E-state index contributed by atoms with van der Waals surface area (Å²) in [6, 6.07) is 5.58. The quantitative estimate of drug-likeness (QED) is 0.890. The van der Waals surface area contributed by atoms with Crippen LogP contribution >= 0.6 is 0 Å². The van der Waals surface area contributed by atoms with Gasteiger partial charge in [0.1, 0.15) is 0 Å². The van der Waals surface area contributed by atoms with E-state index in [2.05, 4.69) is 17.0 Å². The molecule has 4 nitrogen and oxygen atoms in total. The van der Waals surface area contributed by atoms with Crippen molar-refractivity contribution >= 4 is 10.0 Å². The summed E-state index contributed by atoms with van der Waals surface area (Å²) >= 11 is 0. The first kappa shape index (κ1) is 15.0. The van der Waals surface area contributed by atoms with E-state index < -0.39 is 10.0 Å². The lowest BCUT2D eigenvalue weighted by Gasteiger charge is -2.29. The third-order valence-corrected chi connectivity index (χ3v) is 6.30. The SMILES string of the molecule is CC1CNCCC1CNS(=O)(=O)c1ccc2c(c1)CCC2. The molecule has 116 valence electrons. The van der Waals surface area contributed by atoms with Gasteiger partial charge in [-0.05, 0) is 73.9 Å². The van der Waals surface area contributed by atoms with E-state index in [1.54, 1.807) is 6.07 Å². The second-order valence-corrected chi connectivity index (χ2v) is 8.13. The van der Waals surface area contributed by atoms with Gasteiger partial charge in [-0.2, -0.15) is 0 Å². The molecule has 1 aromatic carbocycles. The normalized spacial score (nSPS) is 25.8. The molecule has 21 heavy (non-hydrogen) atoms. The van der Waals surface area contributed by atoms with Crippen molar-refractivity contribution in [3.8, 4) is 0 Å². The number of piperidine rings is 1. The molecule has 1 aliphatic heterocycles. The summed E-state index contributed by atoms with van der Waals surface area (Å²) in [5.74, 6) is 0.942. The molecule has 5 heteroatoms. The van der Waals surface area contributed by atoms with Crippen LogP contribution in [0, 0.1) is 11.8 Å². The lowest BCUT2D eigenvalue weighted by atomic mass is 9.88. The number of sulfonamides is 1. The Morgan fingerprint density at radius 1 is 1.29 bits per heavy atom. The van der Waals surface area contributed by atoms with Crippen LogP contribution in [0.4, 0.5) is 0 Å². The number of fused-ring (bicyclic) bond motifs is 1. The average molecular weight is 308 g/mol. The van der Waals surface area contributed by atoms with Gasteiger partial charge in [0.25, 0.3) is 0 Å². The molecule has 0 bridgehead atoms. The number of aryl methyl sites for hydroxylation is 2. The van der Waals surface area contributed by atoms with Crippen LogP contribution in [-0.2, 0) is 22.9 Å². The van der Waals surface area contributed by atoms with E-state index >= 15 is 0 Å². The van der Waals surface area contributed by atoms with Crippen molar-refractivity contribution in [2.45, 2.75) is 37.5 Å². The van der Waals surface area contributed by atoms with E-state index in [4.69, 9.17) is 0 Å². The van der Waals surface area contributed by atoms with E-state index in [0.29, 0.717) is 23.3 Å². The monoisotopic (exact) mass is 308 g/mol. The summed E-state index contributed by atoms with van der Waals surface area (Å²) in [7, 11) is -3.38. The second kappa shape index (κ2) is 6.07. The van der Waals surface area contributed by atoms with Crippen molar-refractivity contribution in [1.29, 1.82) is 0 Å². The van der Waals surface area contributed by atoms with Gasteiger partial charge in [-0.3, -0.25) is 0 Å². The molecule has 1 aromatic rings. The molecule has 2 N–H and O–H groups in total.